The zero-order valence-corrected chi connectivity index (χ0v) is 20.9. The van der Waals surface area contributed by atoms with Crippen LogP contribution in [0, 0.1) is 0 Å². The van der Waals surface area contributed by atoms with E-state index in [1.54, 1.807) is 19.2 Å². The molecule has 1 heterocycles. The fraction of sp³-hybridized carbons (Fsp3) is 0.360. The van der Waals surface area contributed by atoms with Crippen molar-refractivity contribution in [1.82, 2.24) is 20.3 Å². The van der Waals surface area contributed by atoms with E-state index in [0.717, 1.165) is 11.4 Å². The normalized spacial score (nSPS) is 10.5. The summed E-state index contributed by atoms with van der Waals surface area (Å²) in [5.41, 5.74) is 7.02. The van der Waals surface area contributed by atoms with Gasteiger partial charge in [0.05, 0.1) is 33.5 Å². The van der Waals surface area contributed by atoms with E-state index in [0.29, 0.717) is 76.0 Å². The first-order valence-electron chi connectivity index (χ1n) is 12.0. The van der Waals surface area contributed by atoms with Crippen molar-refractivity contribution in [2.45, 2.75) is 0 Å². The van der Waals surface area contributed by atoms with Gasteiger partial charge < -0.3 is 41.2 Å². The Bertz CT molecular complexity index is 1070. The Morgan fingerprint density at radius 3 is 2.05 bits per heavy atom. The molecule has 1 aromatic heterocycles. The number of benzene rings is 2. The summed E-state index contributed by atoms with van der Waals surface area (Å²) in [6.45, 7) is 3.61. The Hall–Kier alpha value is -4.00. The predicted molar refractivity (Wildman–Crippen MR) is 143 cm³/mol. The number of rotatable bonds is 17. The first-order chi connectivity index (χ1) is 18.2. The summed E-state index contributed by atoms with van der Waals surface area (Å²) in [4.78, 5) is 25.1. The van der Waals surface area contributed by atoms with Gasteiger partial charge >= 0.3 is 0 Å². The quantitative estimate of drug-likeness (QED) is 0.169. The molecule has 0 aliphatic carbocycles. The van der Waals surface area contributed by atoms with Crippen molar-refractivity contribution in [1.29, 1.82) is 0 Å². The summed E-state index contributed by atoms with van der Waals surface area (Å²) in [6.07, 6.45) is 0. The number of aromatic nitrogens is 3. The molecule has 6 N–H and O–H groups in total. The minimum atomic E-state index is -0.117. The predicted octanol–water partition coefficient (Wildman–Crippen LogP) is 1.87. The second kappa shape index (κ2) is 15.9. The van der Waals surface area contributed by atoms with Crippen LogP contribution in [0.5, 0.6) is 5.75 Å². The maximum Gasteiger partial charge on any atom is 0.251 e. The topological polar surface area (TPSA) is 158 Å². The van der Waals surface area contributed by atoms with E-state index in [-0.39, 0.29) is 5.91 Å². The Morgan fingerprint density at radius 1 is 0.784 bits per heavy atom. The highest BCUT2D eigenvalue weighted by Crippen LogP contribution is 2.19. The van der Waals surface area contributed by atoms with Crippen molar-refractivity contribution in [3.05, 3.63) is 60.2 Å². The number of carbonyl (C=O) groups excluding carboxylic acids is 1. The zero-order chi connectivity index (χ0) is 26.1. The van der Waals surface area contributed by atoms with Crippen LogP contribution in [0.15, 0.2) is 54.6 Å². The lowest BCUT2D eigenvalue weighted by molar-refractivity contribution is 0.0519. The van der Waals surface area contributed by atoms with Crippen LogP contribution in [0.25, 0.3) is 0 Å². The lowest BCUT2D eigenvalue weighted by Gasteiger charge is -2.12. The van der Waals surface area contributed by atoms with Crippen molar-refractivity contribution >= 4 is 29.4 Å². The molecule has 12 heteroatoms. The third-order valence-corrected chi connectivity index (χ3v) is 4.88. The maximum atomic E-state index is 11.9. The molecule has 0 radical (unpaired) electrons. The van der Waals surface area contributed by atoms with Crippen molar-refractivity contribution in [3.8, 4) is 5.75 Å². The number of nitrogens with one attached hydrogen (secondary N) is 4. The van der Waals surface area contributed by atoms with Crippen LogP contribution >= 0.6 is 0 Å². The number of carbonyl (C=O) groups is 1. The van der Waals surface area contributed by atoms with Gasteiger partial charge in [0, 0.05) is 37.4 Å². The number of methoxy groups -OCH3 is 1. The lowest BCUT2D eigenvalue weighted by Crippen LogP contribution is -2.27. The Kier molecular flexibility index (Phi) is 11.8. The fourth-order valence-corrected chi connectivity index (χ4v) is 3.06. The summed E-state index contributed by atoms with van der Waals surface area (Å²) in [6, 6.07) is 16.5. The molecule has 0 atom stereocenters. The Balaban J connectivity index is 1.34. The standard InChI is InChI=1S/C25H34N8O4/c1-35-21-9-7-20(8-10-21)30-25-32-23(28-12-11-26)31-24(33-25)29-14-16-37-18-17-36-15-13-27-22(34)19-5-3-2-4-6-19/h2-10H,11-18,26H2,1H3,(H,27,34)(H3,28,29,30,31,32,33). The first-order valence-corrected chi connectivity index (χ1v) is 12.0. The van der Waals surface area contributed by atoms with Crippen molar-refractivity contribution in [2.75, 3.05) is 75.7 Å². The third-order valence-electron chi connectivity index (χ3n) is 4.88. The number of hydrogen-bond donors (Lipinski definition) is 5. The van der Waals surface area contributed by atoms with E-state index in [1.807, 2.05) is 42.5 Å². The molecular formula is C25H34N8O4. The Morgan fingerprint density at radius 2 is 1.41 bits per heavy atom. The second-order valence-corrected chi connectivity index (χ2v) is 7.65. The second-order valence-electron chi connectivity index (χ2n) is 7.65. The van der Waals surface area contributed by atoms with Gasteiger partial charge in [-0.05, 0) is 36.4 Å². The summed E-state index contributed by atoms with van der Waals surface area (Å²) in [5, 5.41) is 12.2. The van der Waals surface area contributed by atoms with Gasteiger partial charge in [0.2, 0.25) is 17.8 Å². The molecule has 3 rings (SSSR count). The van der Waals surface area contributed by atoms with Crippen LogP contribution in [-0.4, -0.2) is 80.6 Å². The molecule has 0 aliphatic rings. The van der Waals surface area contributed by atoms with Crippen LogP contribution in [0.2, 0.25) is 0 Å². The van der Waals surface area contributed by atoms with Gasteiger partial charge in [0.25, 0.3) is 5.91 Å². The van der Waals surface area contributed by atoms with Gasteiger partial charge in [0.15, 0.2) is 0 Å². The molecule has 1 amide bonds. The van der Waals surface area contributed by atoms with Crippen molar-refractivity contribution in [3.63, 3.8) is 0 Å². The van der Waals surface area contributed by atoms with Crippen molar-refractivity contribution in [2.24, 2.45) is 5.73 Å². The van der Waals surface area contributed by atoms with Crippen molar-refractivity contribution < 1.29 is 19.0 Å². The molecule has 0 fully saturated rings. The van der Waals surface area contributed by atoms with Gasteiger partial charge in [-0.15, -0.1) is 0 Å². The molecule has 0 aliphatic heterocycles. The molecule has 12 nitrogen and oxygen atoms in total. The highest BCUT2D eigenvalue weighted by Gasteiger charge is 2.07. The number of amides is 1. The summed E-state index contributed by atoms with van der Waals surface area (Å²) >= 11 is 0. The first kappa shape index (κ1) is 27.6. The van der Waals surface area contributed by atoms with Crippen LogP contribution in [0.1, 0.15) is 10.4 Å². The van der Waals surface area contributed by atoms with E-state index in [4.69, 9.17) is 19.9 Å². The van der Waals surface area contributed by atoms with Gasteiger partial charge in [-0.2, -0.15) is 15.0 Å². The largest absolute Gasteiger partial charge is 0.497 e. The van der Waals surface area contributed by atoms with E-state index in [2.05, 4.69) is 36.2 Å². The highest BCUT2D eigenvalue weighted by molar-refractivity contribution is 5.94. The molecule has 3 aromatic rings. The van der Waals surface area contributed by atoms with E-state index in [1.165, 1.54) is 0 Å². The lowest BCUT2D eigenvalue weighted by atomic mass is 10.2. The molecule has 37 heavy (non-hydrogen) atoms. The van der Waals surface area contributed by atoms with Crippen LogP contribution in [0.3, 0.4) is 0 Å². The SMILES string of the molecule is COc1ccc(Nc2nc(NCCN)nc(NCCOCCOCCNC(=O)c3ccccc3)n2)cc1. The Labute approximate surface area is 216 Å². The summed E-state index contributed by atoms with van der Waals surface area (Å²) in [5.74, 6) is 1.84. The van der Waals surface area contributed by atoms with E-state index >= 15 is 0 Å². The molecular weight excluding hydrogens is 476 g/mol. The summed E-state index contributed by atoms with van der Waals surface area (Å²) < 4.78 is 16.3. The van der Waals surface area contributed by atoms with Crippen LogP contribution in [0.4, 0.5) is 23.5 Å². The average molecular weight is 511 g/mol. The fourth-order valence-electron chi connectivity index (χ4n) is 3.06. The minimum Gasteiger partial charge on any atom is -0.497 e. The third kappa shape index (κ3) is 10.3. The average Bonchev–Trinajstić information content (AvgIpc) is 2.93. The maximum absolute atomic E-state index is 11.9. The molecule has 0 saturated heterocycles. The molecule has 0 unspecified atom stereocenters. The van der Waals surface area contributed by atoms with Gasteiger partial charge in [-0.3, -0.25) is 4.79 Å². The monoisotopic (exact) mass is 510 g/mol. The van der Waals surface area contributed by atoms with Crippen LogP contribution in [-0.2, 0) is 9.47 Å². The molecule has 198 valence electrons. The van der Waals surface area contributed by atoms with E-state index in [9.17, 15) is 4.79 Å². The van der Waals surface area contributed by atoms with Crippen LogP contribution < -0.4 is 31.7 Å². The number of ether oxygens (including phenoxy) is 3. The minimum absolute atomic E-state index is 0.117. The number of nitrogens with two attached hydrogens (primary N) is 1. The molecule has 0 spiro atoms. The highest BCUT2D eigenvalue weighted by atomic mass is 16.5. The zero-order valence-electron chi connectivity index (χ0n) is 20.9. The number of anilines is 4. The number of hydrogen-bond acceptors (Lipinski definition) is 11. The van der Waals surface area contributed by atoms with Gasteiger partial charge in [-0.25, -0.2) is 0 Å². The smallest absolute Gasteiger partial charge is 0.251 e. The molecule has 2 aromatic carbocycles. The number of nitrogens with zero attached hydrogens (tertiary/aromatic N) is 3. The molecule has 0 saturated carbocycles. The van der Waals surface area contributed by atoms with E-state index < -0.39 is 0 Å². The molecule has 0 bridgehead atoms. The van der Waals surface area contributed by atoms with Gasteiger partial charge in [0.1, 0.15) is 5.75 Å². The summed E-state index contributed by atoms with van der Waals surface area (Å²) in [7, 11) is 1.62. The van der Waals surface area contributed by atoms with Gasteiger partial charge in [-0.1, -0.05) is 18.2 Å².